The molecule has 6 heteroatoms. The van der Waals surface area contributed by atoms with Crippen LogP contribution in [0.3, 0.4) is 0 Å². The van der Waals surface area contributed by atoms with Crippen LogP contribution in [0, 0.1) is 5.82 Å². The van der Waals surface area contributed by atoms with Crippen molar-refractivity contribution < 1.29 is 18.8 Å². The van der Waals surface area contributed by atoms with Gasteiger partial charge in [-0.25, -0.2) is 4.39 Å². The molecule has 1 fully saturated rings. The van der Waals surface area contributed by atoms with E-state index in [4.69, 9.17) is 4.74 Å². The number of rotatable bonds is 6. The zero-order chi connectivity index (χ0) is 19.2. The van der Waals surface area contributed by atoms with E-state index in [2.05, 4.69) is 12.3 Å². The Kier molecular flexibility index (Phi) is 6.74. The topological polar surface area (TPSA) is 34.0 Å². The van der Waals surface area contributed by atoms with Gasteiger partial charge in [0.2, 0.25) is 0 Å². The van der Waals surface area contributed by atoms with Gasteiger partial charge in [-0.1, -0.05) is 12.1 Å². The molecular weight excluding hydrogens is 363 g/mol. The highest BCUT2D eigenvalue weighted by atomic mass is 32.2. The number of carbonyl (C=O) groups is 1. The van der Waals surface area contributed by atoms with Crippen LogP contribution in [0.2, 0.25) is 0 Å². The Labute approximate surface area is 164 Å². The van der Waals surface area contributed by atoms with Crippen molar-refractivity contribution in [3.05, 3.63) is 65.0 Å². The third kappa shape index (κ3) is 5.02. The van der Waals surface area contributed by atoms with Gasteiger partial charge in [0.15, 0.2) is 0 Å². The molecule has 27 heavy (non-hydrogen) atoms. The fourth-order valence-electron chi connectivity index (χ4n) is 3.50. The van der Waals surface area contributed by atoms with E-state index in [0.717, 1.165) is 30.0 Å². The maximum absolute atomic E-state index is 13.6. The second-order valence-corrected chi connectivity index (χ2v) is 7.67. The molecular formula is C21H26FN2O2S+. The van der Waals surface area contributed by atoms with E-state index in [-0.39, 0.29) is 11.7 Å². The average Bonchev–Trinajstić information content (AvgIpc) is 2.69. The number of ether oxygens (including phenoxy) is 1. The Morgan fingerprint density at radius 3 is 2.70 bits per heavy atom. The van der Waals surface area contributed by atoms with Crippen LogP contribution < -0.4 is 9.64 Å². The summed E-state index contributed by atoms with van der Waals surface area (Å²) in [7, 11) is 1.61. The zero-order valence-corrected chi connectivity index (χ0v) is 16.7. The summed E-state index contributed by atoms with van der Waals surface area (Å²) in [6.45, 7) is 3.80. The molecule has 0 aromatic heterocycles. The third-order valence-corrected chi connectivity index (χ3v) is 5.55. The van der Waals surface area contributed by atoms with E-state index in [1.807, 2.05) is 23.1 Å². The highest BCUT2D eigenvalue weighted by molar-refractivity contribution is 7.97. The van der Waals surface area contributed by atoms with Gasteiger partial charge in [0.25, 0.3) is 5.91 Å². The van der Waals surface area contributed by atoms with Crippen molar-refractivity contribution in [1.29, 1.82) is 0 Å². The molecule has 0 aliphatic carbocycles. The minimum atomic E-state index is -0.246. The number of methoxy groups -OCH3 is 1. The normalized spacial score (nSPS) is 15.0. The first-order chi connectivity index (χ1) is 13.1. The molecule has 1 amide bonds. The van der Waals surface area contributed by atoms with Crippen LogP contribution in [0.1, 0.15) is 21.5 Å². The van der Waals surface area contributed by atoms with Crippen LogP contribution in [0.25, 0.3) is 0 Å². The summed E-state index contributed by atoms with van der Waals surface area (Å²) in [4.78, 5) is 16.1. The summed E-state index contributed by atoms with van der Waals surface area (Å²) in [6.07, 6.45) is 2.06. The SMILES string of the molecule is COc1ccc(F)cc1C[NH+]1CCN(C(=O)c2cccc(CSC)c2)CC1. The fourth-order valence-corrected chi connectivity index (χ4v) is 4.01. The van der Waals surface area contributed by atoms with E-state index in [1.165, 1.54) is 16.5 Å². The van der Waals surface area contributed by atoms with Gasteiger partial charge < -0.3 is 14.5 Å². The van der Waals surface area contributed by atoms with Gasteiger partial charge in [-0.3, -0.25) is 4.79 Å². The fraction of sp³-hybridized carbons (Fsp3) is 0.381. The molecule has 144 valence electrons. The molecule has 1 aliphatic heterocycles. The standard InChI is InChI=1S/C21H25FN2O2S/c1-26-20-7-6-19(22)13-18(20)14-23-8-10-24(11-9-23)21(25)17-5-3-4-16(12-17)15-27-2/h3-7,12-13H,8-11,14-15H2,1-2H3/p+1. The van der Waals surface area contributed by atoms with Gasteiger partial charge in [-0.15, -0.1) is 0 Å². The zero-order valence-electron chi connectivity index (χ0n) is 15.8. The predicted octanol–water partition coefficient (Wildman–Crippen LogP) is 2.24. The van der Waals surface area contributed by atoms with Crippen LogP contribution in [0.4, 0.5) is 4.39 Å². The number of piperazine rings is 1. The van der Waals surface area contributed by atoms with Gasteiger partial charge in [-0.2, -0.15) is 11.8 Å². The lowest BCUT2D eigenvalue weighted by Crippen LogP contribution is -3.13. The molecule has 0 unspecified atom stereocenters. The molecule has 4 nitrogen and oxygen atoms in total. The first-order valence-electron chi connectivity index (χ1n) is 9.14. The van der Waals surface area contributed by atoms with Crippen molar-refractivity contribution in [2.45, 2.75) is 12.3 Å². The number of thioether (sulfide) groups is 1. The number of nitrogens with zero attached hydrogens (tertiary/aromatic N) is 1. The molecule has 0 spiro atoms. The number of amides is 1. The van der Waals surface area contributed by atoms with E-state index >= 15 is 0 Å². The lowest BCUT2D eigenvalue weighted by atomic mass is 10.1. The first kappa shape index (κ1) is 19.7. The van der Waals surface area contributed by atoms with Crippen molar-refractivity contribution in [3.63, 3.8) is 0 Å². The van der Waals surface area contributed by atoms with Gasteiger partial charge in [-0.05, 0) is 42.2 Å². The van der Waals surface area contributed by atoms with E-state index in [1.54, 1.807) is 31.0 Å². The Morgan fingerprint density at radius 1 is 1.22 bits per heavy atom. The largest absolute Gasteiger partial charge is 0.496 e. The molecule has 2 aromatic rings. The second kappa shape index (κ2) is 9.24. The van der Waals surface area contributed by atoms with Crippen LogP contribution in [0.5, 0.6) is 5.75 Å². The maximum atomic E-state index is 13.6. The van der Waals surface area contributed by atoms with Crippen molar-refractivity contribution in [3.8, 4) is 5.75 Å². The van der Waals surface area contributed by atoms with Crippen molar-refractivity contribution >= 4 is 17.7 Å². The van der Waals surface area contributed by atoms with Crippen molar-refractivity contribution in [2.75, 3.05) is 39.5 Å². The summed E-state index contributed by atoms with van der Waals surface area (Å²) in [6, 6.07) is 12.5. The molecule has 0 bridgehead atoms. The number of nitrogens with one attached hydrogen (secondary N) is 1. The Balaban J connectivity index is 1.59. The molecule has 3 rings (SSSR count). The minimum absolute atomic E-state index is 0.0975. The molecule has 1 heterocycles. The number of hydrogen-bond acceptors (Lipinski definition) is 3. The lowest BCUT2D eigenvalue weighted by Gasteiger charge is -2.32. The van der Waals surface area contributed by atoms with E-state index in [9.17, 15) is 9.18 Å². The summed E-state index contributed by atoms with van der Waals surface area (Å²) in [5.74, 6) is 1.48. The number of halogens is 1. The highest BCUT2D eigenvalue weighted by Gasteiger charge is 2.25. The Bertz CT molecular complexity index is 792. The van der Waals surface area contributed by atoms with Crippen LogP contribution in [-0.2, 0) is 12.3 Å². The quantitative estimate of drug-likeness (QED) is 0.823. The van der Waals surface area contributed by atoms with Crippen molar-refractivity contribution in [2.24, 2.45) is 0 Å². The summed E-state index contributed by atoms with van der Waals surface area (Å²) in [5.41, 5.74) is 2.81. The Morgan fingerprint density at radius 2 is 2.00 bits per heavy atom. The molecule has 1 aliphatic rings. The van der Waals surface area contributed by atoms with Gasteiger partial charge >= 0.3 is 0 Å². The number of carbonyl (C=O) groups excluding carboxylic acids is 1. The van der Waals surface area contributed by atoms with Crippen LogP contribution in [-0.4, -0.2) is 50.4 Å². The van der Waals surface area contributed by atoms with Gasteiger partial charge in [0.05, 0.1) is 38.9 Å². The highest BCUT2D eigenvalue weighted by Crippen LogP contribution is 2.18. The molecule has 0 radical (unpaired) electrons. The average molecular weight is 390 g/mol. The second-order valence-electron chi connectivity index (χ2n) is 6.81. The number of benzene rings is 2. The maximum Gasteiger partial charge on any atom is 0.254 e. The molecule has 1 N–H and O–H groups in total. The van der Waals surface area contributed by atoms with Crippen molar-refractivity contribution in [1.82, 2.24) is 4.90 Å². The lowest BCUT2D eigenvalue weighted by molar-refractivity contribution is -0.917. The van der Waals surface area contributed by atoms with Crippen LogP contribution >= 0.6 is 11.8 Å². The van der Waals surface area contributed by atoms with Gasteiger partial charge in [0.1, 0.15) is 18.1 Å². The molecule has 2 aromatic carbocycles. The minimum Gasteiger partial charge on any atom is -0.496 e. The summed E-state index contributed by atoms with van der Waals surface area (Å²) >= 11 is 1.75. The van der Waals surface area contributed by atoms with E-state index in [0.29, 0.717) is 25.4 Å². The monoisotopic (exact) mass is 389 g/mol. The number of quaternary nitrogens is 1. The first-order valence-corrected chi connectivity index (χ1v) is 10.5. The van der Waals surface area contributed by atoms with E-state index < -0.39 is 0 Å². The summed E-state index contributed by atoms with van der Waals surface area (Å²) < 4.78 is 18.9. The predicted molar refractivity (Wildman–Crippen MR) is 107 cm³/mol. The van der Waals surface area contributed by atoms with Crippen LogP contribution in [0.15, 0.2) is 42.5 Å². The summed E-state index contributed by atoms with van der Waals surface area (Å²) in [5, 5.41) is 0. The smallest absolute Gasteiger partial charge is 0.254 e. The molecule has 0 atom stereocenters. The number of hydrogen-bond donors (Lipinski definition) is 1. The Hall–Kier alpha value is -2.05. The van der Waals surface area contributed by atoms with Gasteiger partial charge in [0, 0.05) is 11.3 Å². The molecule has 1 saturated heterocycles. The molecule has 0 saturated carbocycles. The third-order valence-electron chi connectivity index (χ3n) is 4.93.